The quantitative estimate of drug-likeness (QED) is 0.582. The van der Waals surface area contributed by atoms with Gasteiger partial charge in [-0.15, -0.1) is 0 Å². The average molecular weight is 352 g/mol. The zero-order valence-corrected chi connectivity index (χ0v) is 13.2. The Morgan fingerprint density at radius 2 is 1.81 bits per heavy atom. The van der Waals surface area contributed by atoms with Crippen LogP contribution in [0.1, 0.15) is 21.5 Å². The molecule has 2 aromatic carbocycles. The van der Waals surface area contributed by atoms with Crippen LogP contribution in [0.25, 0.3) is 0 Å². The average Bonchev–Trinajstić information content (AvgIpc) is 2.44. The van der Waals surface area contributed by atoms with E-state index < -0.39 is 0 Å². The molecule has 0 fully saturated rings. The van der Waals surface area contributed by atoms with Crippen molar-refractivity contribution in [3.05, 3.63) is 57.3 Å². The number of nitrogen functional groups attached to an aromatic ring is 1. The molecule has 6 heteroatoms. The minimum absolute atomic E-state index is 0.261. The van der Waals surface area contributed by atoms with Crippen LogP contribution in [0.5, 0.6) is 0 Å². The van der Waals surface area contributed by atoms with E-state index in [-0.39, 0.29) is 11.7 Å². The summed E-state index contributed by atoms with van der Waals surface area (Å²) in [6.07, 6.45) is 0. The summed E-state index contributed by atoms with van der Waals surface area (Å²) < 4.78 is 13.7. The Morgan fingerprint density at radius 3 is 2.43 bits per heavy atom. The topological polar surface area (TPSA) is 67.2 Å². The lowest BCUT2D eigenvalue weighted by atomic mass is 10.1. The Labute approximate surface area is 130 Å². The summed E-state index contributed by atoms with van der Waals surface area (Å²) in [6, 6.07) is 8.05. The van der Waals surface area contributed by atoms with Gasteiger partial charge in [0, 0.05) is 11.3 Å². The molecule has 0 aliphatic rings. The summed E-state index contributed by atoms with van der Waals surface area (Å²) in [5.74, 6) is 4.74. The van der Waals surface area contributed by atoms with E-state index in [9.17, 15) is 9.18 Å². The largest absolute Gasteiger partial charge is 0.324 e. The van der Waals surface area contributed by atoms with Crippen molar-refractivity contribution < 1.29 is 9.18 Å². The fourth-order valence-electron chi connectivity index (χ4n) is 1.94. The Hall–Kier alpha value is -1.92. The van der Waals surface area contributed by atoms with E-state index in [2.05, 4.69) is 26.7 Å². The summed E-state index contributed by atoms with van der Waals surface area (Å²) >= 11 is 3.11. The number of nitrogens with two attached hydrogens (primary N) is 1. The number of carbonyl (C=O) groups is 1. The number of carbonyl (C=O) groups excluding carboxylic acids is 1. The third-order valence-electron chi connectivity index (χ3n) is 3.16. The Kier molecular flexibility index (Phi) is 4.59. The van der Waals surface area contributed by atoms with Crippen molar-refractivity contribution in [3.63, 3.8) is 0 Å². The number of hydrogen-bond acceptors (Lipinski definition) is 3. The highest BCUT2D eigenvalue weighted by Gasteiger charge is 2.11. The van der Waals surface area contributed by atoms with E-state index in [0.717, 1.165) is 11.3 Å². The molecule has 0 aliphatic carbocycles. The predicted octanol–water partition coefficient (Wildman–Crippen LogP) is 3.74. The maximum Gasteiger partial charge on any atom is 0.255 e. The second-order valence-electron chi connectivity index (χ2n) is 4.71. The Morgan fingerprint density at radius 1 is 1.14 bits per heavy atom. The number of anilines is 2. The molecular weight excluding hydrogens is 337 g/mol. The van der Waals surface area contributed by atoms with Gasteiger partial charge in [0.15, 0.2) is 0 Å². The molecule has 110 valence electrons. The summed E-state index contributed by atoms with van der Waals surface area (Å²) in [7, 11) is 0. The van der Waals surface area contributed by atoms with Gasteiger partial charge in [0.25, 0.3) is 5.91 Å². The second kappa shape index (κ2) is 6.24. The van der Waals surface area contributed by atoms with Crippen LogP contribution >= 0.6 is 15.9 Å². The lowest BCUT2D eigenvalue weighted by molar-refractivity contribution is 0.102. The lowest BCUT2D eigenvalue weighted by Gasteiger charge is -2.11. The highest BCUT2D eigenvalue weighted by molar-refractivity contribution is 9.10. The number of halogens is 2. The van der Waals surface area contributed by atoms with Gasteiger partial charge in [-0.1, -0.05) is 0 Å². The molecule has 0 unspecified atom stereocenters. The van der Waals surface area contributed by atoms with Gasteiger partial charge in [-0.2, -0.15) is 0 Å². The third kappa shape index (κ3) is 3.40. The molecule has 0 saturated heterocycles. The van der Waals surface area contributed by atoms with Crippen molar-refractivity contribution in [3.8, 4) is 0 Å². The molecular formula is C15H15BrFN3O. The Balaban J connectivity index is 2.26. The lowest BCUT2D eigenvalue weighted by Crippen LogP contribution is -2.14. The van der Waals surface area contributed by atoms with Gasteiger partial charge in [-0.3, -0.25) is 10.6 Å². The second-order valence-corrected chi connectivity index (χ2v) is 5.56. The first kappa shape index (κ1) is 15.5. The van der Waals surface area contributed by atoms with Gasteiger partial charge in [0.05, 0.1) is 10.2 Å². The van der Waals surface area contributed by atoms with E-state index in [0.29, 0.717) is 21.3 Å². The molecule has 1 amide bonds. The number of amides is 1. The highest BCUT2D eigenvalue weighted by atomic mass is 79.9. The summed E-state index contributed by atoms with van der Waals surface area (Å²) in [4.78, 5) is 12.2. The highest BCUT2D eigenvalue weighted by Crippen LogP contribution is 2.25. The molecule has 2 aromatic rings. The first-order chi connectivity index (χ1) is 9.92. The first-order valence-corrected chi connectivity index (χ1v) is 7.06. The normalized spacial score (nSPS) is 10.3. The molecule has 4 nitrogen and oxygen atoms in total. The maximum absolute atomic E-state index is 13.4. The number of hydrazine groups is 1. The van der Waals surface area contributed by atoms with Crippen LogP contribution in [-0.2, 0) is 0 Å². The number of rotatable bonds is 3. The van der Waals surface area contributed by atoms with Crippen molar-refractivity contribution in [2.45, 2.75) is 13.8 Å². The monoisotopic (exact) mass is 351 g/mol. The van der Waals surface area contributed by atoms with Gasteiger partial charge < -0.3 is 10.7 Å². The molecule has 21 heavy (non-hydrogen) atoms. The van der Waals surface area contributed by atoms with Gasteiger partial charge in [0.1, 0.15) is 5.82 Å². The minimum Gasteiger partial charge on any atom is -0.324 e. The van der Waals surface area contributed by atoms with Crippen molar-refractivity contribution in [2.24, 2.45) is 5.84 Å². The molecule has 0 aromatic heterocycles. The van der Waals surface area contributed by atoms with E-state index in [4.69, 9.17) is 5.84 Å². The fraction of sp³-hybridized carbons (Fsp3) is 0.133. The molecule has 0 aliphatic heterocycles. The molecule has 2 rings (SSSR count). The zero-order chi connectivity index (χ0) is 15.6. The predicted molar refractivity (Wildman–Crippen MR) is 85.8 cm³/mol. The van der Waals surface area contributed by atoms with Gasteiger partial charge in [0.2, 0.25) is 0 Å². The molecule has 0 spiro atoms. The Bertz CT molecular complexity index is 704. The van der Waals surface area contributed by atoms with Crippen LogP contribution in [0.4, 0.5) is 15.8 Å². The zero-order valence-electron chi connectivity index (χ0n) is 11.6. The SMILES string of the molecule is Cc1cc(C(=O)Nc2cc(Br)c(F)cc2C)ccc1NN. The van der Waals surface area contributed by atoms with E-state index in [1.54, 1.807) is 31.2 Å². The van der Waals surface area contributed by atoms with Gasteiger partial charge >= 0.3 is 0 Å². The van der Waals surface area contributed by atoms with Gasteiger partial charge in [-0.05, 0) is 71.2 Å². The molecule has 0 radical (unpaired) electrons. The van der Waals surface area contributed by atoms with E-state index >= 15 is 0 Å². The molecule has 0 heterocycles. The minimum atomic E-state index is -0.361. The van der Waals surface area contributed by atoms with Crippen LogP contribution in [0.2, 0.25) is 0 Å². The van der Waals surface area contributed by atoms with Crippen LogP contribution in [0.3, 0.4) is 0 Å². The molecule has 0 atom stereocenters. The van der Waals surface area contributed by atoms with Gasteiger partial charge in [-0.25, -0.2) is 4.39 Å². The van der Waals surface area contributed by atoms with Crippen molar-refractivity contribution in [2.75, 3.05) is 10.7 Å². The smallest absolute Gasteiger partial charge is 0.255 e. The first-order valence-electron chi connectivity index (χ1n) is 6.26. The van der Waals surface area contributed by atoms with E-state index in [1.807, 2.05) is 6.92 Å². The molecule has 0 bridgehead atoms. The molecule has 4 N–H and O–H groups in total. The molecule has 0 saturated carbocycles. The van der Waals surface area contributed by atoms with Crippen LogP contribution in [0.15, 0.2) is 34.8 Å². The van der Waals surface area contributed by atoms with Crippen molar-refractivity contribution in [1.82, 2.24) is 0 Å². The van der Waals surface area contributed by atoms with Crippen LogP contribution < -0.4 is 16.6 Å². The summed E-state index contributed by atoms with van der Waals surface area (Å²) in [5, 5.41) is 2.77. The number of nitrogens with one attached hydrogen (secondary N) is 2. The third-order valence-corrected chi connectivity index (χ3v) is 3.77. The van der Waals surface area contributed by atoms with Crippen molar-refractivity contribution >= 4 is 33.2 Å². The summed E-state index contributed by atoms with van der Waals surface area (Å²) in [5.41, 5.74) is 5.90. The fourth-order valence-corrected chi connectivity index (χ4v) is 2.29. The van der Waals surface area contributed by atoms with Crippen LogP contribution in [-0.4, -0.2) is 5.91 Å². The number of aryl methyl sites for hydroxylation is 2. The number of benzene rings is 2. The van der Waals surface area contributed by atoms with Crippen LogP contribution in [0, 0.1) is 19.7 Å². The number of hydrogen-bond donors (Lipinski definition) is 3. The van der Waals surface area contributed by atoms with E-state index in [1.165, 1.54) is 6.07 Å². The maximum atomic E-state index is 13.4. The van der Waals surface area contributed by atoms with Crippen molar-refractivity contribution in [1.29, 1.82) is 0 Å². The summed E-state index contributed by atoms with van der Waals surface area (Å²) in [6.45, 7) is 3.59. The standard InChI is InChI=1S/C15H15BrFN3O/c1-8-5-10(3-4-13(8)20-18)15(21)19-14-7-11(16)12(17)6-9(14)2/h3-7,20H,18H2,1-2H3,(H,19,21).